The summed E-state index contributed by atoms with van der Waals surface area (Å²) in [5.41, 5.74) is 0. The van der Waals surface area contributed by atoms with Crippen LogP contribution in [0.4, 0.5) is 0 Å². The van der Waals surface area contributed by atoms with Crippen molar-refractivity contribution in [3.63, 3.8) is 0 Å². The smallest absolute Gasteiger partial charge is 0.320 e. The first-order valence-electron chi connectivity index (χ1n) is 9.46. The molecule has 4 rings (SSSR count). The summed E-state index contributed by atoms with van der Waals surface area (Å²) in [4.78, 5) is 21.0. The van der Waals surface area contributed by atoms with Crippen LogP contribution in [-0.4, -0.2) is 73.8 Å². The molecule has 7 nitrogen and oxygen atoms in total. The molecule has 0 amide bonds. The standard InChI is InChI=1S/C18H29N5O2/c1-3-25-16(24)10-23-8-12-6-14(7-13(12)9-23)22(2)18-15-4-5-19-17(15)20-11-21-18/h4-5,12-15,18,21H,3,6-11H2,1-2H3,(H,19,20). The van der Waals surface area contributed by atoms with E-state index in [1.807, 2.05) is 13.1 Å². The van der Waals surface area contributed by atoms with Gasteiger partial charge in [0, 0.05) is 19.1 Å². The summed E-state index contributed by atoms with van der Waals surface area (Å²) in [7, 11) is 2.24. The molecule has 0 radical (unpaired) electrons. The van der Waals surface area contributed by atoms with Crippen molar-refractivity contribution in [2.45, 2.75) is 32.0 Å². The molecular formula is C18H29N5O2. The molecule has 3 heterocycles. The van der Waals surface area contributed by atoms with Crippen molar-refractivity contribution < 1.29 is 9.53 Å². The van der Waals surface area contributed by atoms with Crippen LogP contribution in [0.2, 0.25) is 0 Å². The minimum absolute atomic E-state index is 0.0881. The number of amidine groups is 1. The third-order valence-electron chi connectivity index (χ3n) is 6.22. The van der Waals surface area contributed by atoms with Crippen LogP contribution in [0.25, 0.3) is 0 Å². The maximum absolute atomic E-state index is 11.7. The van der Waals surface area contributed by atoms with Gasteiger partial charge in [0.2, 0.25) is 0 Å². The van der Waals surface area contributed by atoms with Crippen LogP contribution in [0.15, 0.2) is 17.3 Å². The van der Waals surface area contributed by atoms with E-state index in [9.17, 15) is 4.79 Å². The number of nitrogens with one attached hydrogen (secondary N) is 2. The van der Waals surface area contributed by atoms with Gasteiger partial charge in [0.15, 0.2) is 0 Å². The monoisotopic (exact) mass is 347 g/mol. The summed E-state index contributed by atoms with van der Waals surface area (Å²) in [5.74, 6) is 2.75. The van der Waals surface area contributed by atoms with E-state index in [1.54, 1.807) is 0 Å². The Balaban J connectivity index is 1.32. The van der Waals surface area contributed by atoms with Crippen LogP contribution in [0.5, 0.6) is 0 Å². The fourth-order valence-electron chi connectivity index (χ4n) is 5.02. The van der Waals surface area contributed by atoms with E-state index in [2.05, 4.69) is 38.5 Å². The number of hydrogen-bond acceptors (Lipinski definition) is 7. The van der Waals surface area contributed by atoms with Gasteiger partial charge in [-0.3, -0.25) is 24.9 Å². The van der Waals surface area contributed by atoms with Gasteiger partial charge < -0.3 is 10.1 Å². The molecular weight excluding hydrogens is 318 g/mol. The largest absolute Gasteiger partial charge is 0.465 e. The molecule has 2 N–H and O–H groups in total. The summed E-state index contributed by atoms with van der Waals surface area (Å²) >= 11 is 0. The van der Waals surface area contributed by atoms with Gasteiger partial charge in [-0.1, -0.05) is 6.08 Å². The van der Waals surface area contributed by atoms with Crippen molar-refractivity contribution in [1.82, 2.24) is 20.4 Å². The zero-order chi connectivity index (χ0) is 17.4. The third-order valence-corrected chi connectivity index (χ3v) is 6.22. The molecule has 0 aromatic carbocycles. The zero-order valence-corrected chi connectivity index (χ0v) is 15.1. The lowest BCUT2D eigenvalue weighted by Crippen LogP contribution is -2.56. The first kappa shape index (κ1) is 17.0. The second kappa shape index (κ2) is 7.05. The Morgan fingerprint density at radius 2 is 2.16 bits per heavy atom. The molecule has 0 aromatic rings. The Labute approximate surface area is 149 Å². The molecule has 1 saturated heterocycles. The number of likely N-dealkylation sites (tertiary alicyclic amines) is 1. The highest BCUT2D eigenvalue weighted by molar-refractivity contribution is 5.90. The number of ether oxygens (including phenoxy) is 1. The summed E-state index contributed by atoms with van der Waals surface area (Å²) < 4.78 is 5.08. The molecule has 7 heteroatoms. The van der Waals surface area contributed by atoms with Crippen LogP contribution in [0, 0.1) is 17.8 Å². The lowest BCUT2D eigenvalue weighted by Gasteiger charge is -2.39. The van der Waals surface area contributed by atoms with Crippen LogP contribution < -0.4 is 10.6 Å². The van der Waals surface area contributed by atoms with E-state index in [0.29, 0.717) is 49.8 Å². The lowest BCUT2D eigenvalue weighted by molar-refractivity contribution is -0.144. The molecule has 1 saturated carbocycles. The number of carbonyl (C=O) groups excluding carboxylic acids is 1. The summed E-state index contributed by atoms with van der Waals surface area (Å²) in [5, 5.41) is 6.82. The lowest BCUT2D eigenvalue weighted by atomic mass is 10.0. The maximum atomic E-state index is 11.7. The number of fused-ring (bicyclic) bond motifs is 2. The Morgan fingerprint density at radius 3 is 2.88 bits per heavy atom. The third kappa shape index (κ3) is 3.32. The normalized spacial score (nSPS) is 36.9. The molecule has 0 bridgehead atoms. The fourth-order valence-corrected chi connectivity index (χ4v) is 5.02. The van der Waals surface area contributed by atoms with Gasteiger partial charge in [0.05, 0.1) is 31.9 Å². The predicted octanol–water partition coefficient (Wildman–Crippen LogP) is 0.210. The van der Waals surface area contributed by atoms with E-state index in [-0.39, 0.29) is 5.97 Å². The van der Waals surface area contributed by atoms with Crippen LogP contribution in [0.1, 0.15) is 19.8 Å². The molecule has 1 aliphatic carbocycles. The fraction of sp³-hybridized carbons (Fsp3) is 0.778. The van der Waals surface area contributed by atoms with Crippen molar-refractivity contribution in [1.29, 1.82) is 0 Å². The van der Waals surface area contributed by atoms with Crippen molar-refractivity contribution in [3.05, 3.63) is 12.3 Å². The van der Waals surface area contributed by atoms with Gasteiger partial charge in [0.25, 0.3) is 0 Å². The second-order valence-corrected chi connectivity index (χ2v) is 7.69. The Bertz CT molecular complexity index is 564. The minimum atomic E-state index is -0.0881. The quantitative estimate of drug-likeness (QED) is 0.693. The predicted molar refractivity (Wildman–Crippen MR) is 95.8 cm³/mol. The van der Waals surface area contributed by atoms with Crippen molar-refractivity contribution in [2.75, 3.05) is 40.0 Å². The number of hydrogen-bond donors (Lipinski definition) is 2. The van der Waals surface area contributed by atoms with E-state index in [1.165, 1.54) is 12.8 Å². The molecule has 0 spiro atoms. The van der Waals surface area contributed by atoms with Crippen molar-refractivity contribution in [3.8, 4) is 0 Å². The molecule has 3 aliphatic heterocycles. The highest BCUT2D eigenvalue weighted by Gasteiger charge is 2.45. The average molecular weight is 347 g/mol. The number of esters is 1. The van der Waals surface area contributed by atoms with Gasteiger partial charge in [-0.05, 0) is 44.8 Å². The minimum Gasteiger partial charge on any atom is -0.465 e. The van der Waals surface area contributed by atoms with Crippen LogP contribution in [0.3, 0.4) is 0 Å². The summed E-state index contributed by atoms with van der Waals surface area (Å²) in [6, 6.07) is 0.602. The van der Waals surface area contributed by atoms with Gasteiger partial charge in [-0.15, -0.1) is 0 Å². The number of rotatable bonds is 5. The topological polar surface area (TPSA) is 69.2 Å². The first-order chi connectivity index (χ1) is 12.2. The van der Waals surface area contributed by atoms with E-state index >= 15 is 0 Å². The van der Waals surface area contributed by atoms with Gasteiger partial charge in [0.1, 0.15) is 5.84 Å². The van der Waals surface area contributed by atoms with Crippen molar-refractivity contribution in [2.24, 2.45) is 22.7 Å². The van der Waals surface area contributed by atoms with Crippen molar-refractivity contribution >= 4 is 11.8 Å². The Kier molecular flexibility index (Phi) is 4.80. The number of nitrogens with zero attached hydrogens (tertiary/aromatic N) is 3. The highest BCUT2D eigenvalue weighted by Crippen LogP contribution is 2.40. The SMILES string of the molecule is CCOC(=O)CN1CC2CC(N(C)C3NCN=C4NC=CC43)CC2C1. The number of aliphatic imine (C=N–C) groups is 1. The van der Waals surface area contributed by atoms with Crippen LogP contribution in [-0.2, 0) is 9.53 Å². The summed E-state index contributed by atoms with van der Waals surface area (Å²) in [6.07, 6.45) is 6.97. The molecule has 25 heavy (non-hydrogen) atoms. The molecule has 4 unspecified atom stereocenters. The van der Waals surface area contributed by atoms with Gasteiger partial charge in [-0.25, -0.2) is 0 Å². The van der Waals surface area contributed by atoms with E-state index in [4.69, 9.17) is 4.74 Å². The first-order valence-corrected chi connectivity index (χ1v) is 9.46. The highest BCUT2D eigenvalue weighted by atomic mass is 16.5. The van der Waals surface area contributed by atoms with Gasteiger partial charge in [-0.2, -0.15) is 0 Å². The van der Waals surface area contributed by atoms with Crippen LogP contribution >= 0.6 is 0 Å². The summed E-state index contributed by atoms with van der Waals surface area (Å²) in [6.45, 7) is 5.53. The maximum Gasteiger partial charge on any atom is 0.320 e. The zero-order valence-electron chi connectivity index (χ0n) is 15.1. The molecule has 4 atom stereocenters. The average Bonchev–Trinajstić information content (AvgIpc) is 3.27. The number of carbonyl (C=O) groups is 1. The van der Waals surface area contributed by atoms with E-state index < -0.39 is 0 Å². The van der Waals surface area contributed by atoms with E-state index in [0.717, 1.165) is 18.9 Å². The molecule has 0 aromatic heterocycles. The Hall–Kier alpha value is -1.44. The second-order valence-electron chi connectivity index (χ2n) is 7.69. The molecule has 2 fully saturated rings. The Morgan fingerprint density at radius 1 is 1.40 bits per heavy atom. The van der Waals surface area contributed by atoms with Gasteiger partial charge >= 0.3 is 5.97 Å². The molecule has 4 aliphatic rings. The molecule has 138 valence electrons.